The number of thiazole rings is 1. The van der Waals surface area contributed by atoms with Gasteiger partial charge in [-0.05, 0) is 38.0 Å². The van der Waals surface area contributed by atoms with Crippen molar-refractivity contribution in [3.05, 3.63) is 59.3 Å². The molecule has 0 aliphatic rings. The van der Waals surface area contributed by atoms with E-state index in [1.54, 1.807) is 11.3 Å². The minimum absolute atomic E-state index is 1.05. The summed E-state index contributed by atoms with van der Waals surface area (Å²) in [5.74, 6) is 0. The molecule has 4 aromatic rings. The first-order chi connectivity index (χ1) is 10.1. The Labute approximate surface area is 127 Å². The number of rotatable bonds is 1. The van der Waals surface area contributed by atoms with Gasteiger partial charge in [0.2, 0.25) is 0 Å². The highest BCUT2D eigenvalue weighted by Crippen LogP contribution is 2.32. The Morgan fingerprint density at radius 2 is 1.71 bits per heavy atom. The van der Waals surface area contributed by atoms with Gasteiger partial charge in [-0.3, -0.25) is 4.40 Å². The first kappa shape index (κ1) is 12.6. The molecule has 2 aromatic carbocycles. The Balaban J connectivity index is 1.98. The topological polar surface area (TPSA) is 17.3 Å². The summed E-state index contributed by atoms with van der Waals surface area (Å²) in [7, 11) is 0. The number of nitrogens with zero attached hydrogens (tertiary/aromatic N) is 2. The summed E-state index contributed by atoms with van der Waals surface area (Å²) < 4.78 is 3.54. The summed E-state index contributed by atoms with van der Waals surface area (Å²) in [5, 5.41) is 0. The van der Waals surface area contributed by atoms with Crippen LogP contribution in [0.5, 0.6) is 0 Å². The highest BCUT2D eigenvalue weighted by atomic mass is 32.1. The van der Waals surface area contributed by atoms with E-state index < -0.39 is 0 Å². The average Bonchev–Trinajstić information content (AvgIpc) is 3.01. The Hall–Kier alpha value is -2.13. The molecule has 3 heteroatoms. The fourth-order valence-corrected chi connectivity index (χ4v) is 3.78. The lowest BCUT2D eigenvalue weighted by Gasteiger charge is -2.01. The Morgan fingerprint density at radius 1 is 0.952 bits per heavy atom. The van der Waals surface area contributed by atoms with E-state index >= 15 is 0 Å². The van der Waals surface area contributed by atoms with Crippen LogP contribution in [0.4, 0.5) is 0 Å². The molecule has 2 heterocycles. The van der Waals surface area contributed by atoms with E-state index in [1.165, 1.54) is 32.5 Å². The molecule has 2 aromatic heterocycles. The number of hydrogen-bond acceptors (Lipinski definition) is 2. The molecule has 0 atom stereocenters. The molecular weight excluding hydrogens is 276 g/mol. The van der Waals surface area contributed by atoms with Crippen molar-refractivity contribution in [2.75, 3.05) is 0 Å². The predicted octanol–water partition coefficient (Wildman–Crippen LogP) is 5.14. The summed E-state index contributed by atoms with van der Waals surface area (Å²) in [6, 6.07) is 12.9. The molecule has 0 spiro atoms. The number of aromatic nitrogens is 2. The number of aryl methyl sites for hydroxylation is 3. The number of fused-ring (bicyclic) bond motifs is 3. The molecule has 0 unspecified atom stereocenters. The van der Waals surface area contributed by atoms with E-state index in [1.807, 2.05) is 0 Å². The number of benzene rings is 2. The van der Waals surface area contributed by atoms with Gasteiger partial charge in [-0.25, -0.2) is 4.98 Å². The second-order valence-corrected chi connectivity index (χ2v) is 6.61. The van der Waals surface area contributed by atoms with Gasteiger partial charge in [0.1, 0.15) is 0 Å². The third-order valence-electron chi connectivity index (χ3n) is 4.13. The monoisotopic (exact) mass is 292 g/mol. The summed E-state index contributed by atoms with van der Waals surface area (Å²) >= 11 is 1.76. The predicted molar refractivity (Wildman–Crippen MR) is 90.2 cm³/mol. The van der Waals surface area contributed by atoms with Gasteiger partial charge in [0.25, 0.3) is 0 Å². The van der Waals surface area contributed by atoms with Crippen molar-refractivity contribution in [3.8, 4) is 11.3 Å². The van der Waals surface area contributed by atoms with E-state index in [4.69, 9.17) is 4.98 Å². The van der Waals surface area contributed by atoms with Crippen molar-refractivity contribution in [1.29, 1.82) is 0 Å². The second kappa shape index (κ2) is 4.43. The summed E-state index contributed by atoms with van der Waals surface area (Å²) in [4.78, 5) is 5.87. The maximum Gasteiger partial charge on any atom is 0.195 e. The third kappa shape index (κ3) is 1.88. The zero-order chi connectivity index (χ0) is 14.6. The SMILES string of the molecule is Cc1ccc(-c2cn3c(n2)sc2ccc(C)c(C)c23)cc1. The van der Waals surface area contributed by atoms with Crippen molar-refractivity contribution >= 4 is 26.5 Å². The van der Waals surface area contributed by atoms with Gasteiger partial charge in [0.05, 0.1) is 15.9 Å². The van der Waals surface area contributed by atoms with E-state index in [9.17, 15) is 0 Å². The molecule has 104 valence electrons. The number of imidazole rings is 1. The van der Waals surface area contributed by atoms with E-state index in [0.29, 0.717) is 0 Å². The smallest absolute Gasteiger partial charge is 0.195 e. The molecule has 0 radical (unpaired) electrons. The standard InChI is InChI=1S/C18H16N2S/c1-11-4-7-14(8-5-11)15-10-20-17-13(3)12(2)6-9-16(17)21-18(20)19-15/h4-10H,1-3H3. The third-order valence-corrected chi connectivity index (χ3v) is 5.15. The second-order valence-electron chi connectivity index (χ2n) is 5.60. The van der Waals surface area contributed by atoms with E-state index in [0.717, 1.165) is 10.7 Å². The summed E-state index contributed by atoms with van der Waals surface area (Å²) in [6.45, 7) is 6.46. The molecule has 0 aliphatic heterocycles. The van der Waals surface area contributed by atoms with Crippen LogP contribution in [0.15, 0.2) is 42.6 Å². The number of hydrogen-bond donors (Lipinski definition) is 0. The van der Waals surface area contributed by atoms with Crippen LogP contribution in [-0.4, -0.2) is 9.38 Å². The minimum atomic E-state index is 1.05. The lowest BCUT2D eigenvalue weighted by atomic mass is 10.1. The molecule has 0 N–H and O–H groups in total. The molecule has 0 aliphatic carbocycles. The highest BCUT2D eigenvalue weighted by Gasteiger charge is 2.12. The fourth-order valence-electron chi connectivity index (χ4n) is 2.72. The van der Waals surface area contributed by atoms with Crippen LogP contribution in [0.1, 0.15) is 16.7 Å². The molecule has 4 rings (SSSR count). The van der Waals surface area contributed by atoms with Crippen molar-refractivity contribution in [1.82, 2.24) is 9.38 Å². The zero-order valence-electron chi connectivity index (χ0n) is 12.3. The average molecular weight is 292 g/mol. The zero-order valence-corrected chi connectivity index (χ0v) is 13.2. The largest absolute Gasteiger partial charge is 0.289 e. The molecule has 0 bridgehead atoms. The summed E-state index contributed by atoms with van der Waals surface area (Å²) in [6.07, 6.45) is 2.16. The Kier molecular flexibility index (Phi) is 2.66. The van der Waals surface area contributed by atoms with Crippen molar-refractivity contribution in [3.63, 3.8) is 0 Å². The maximum atomic E-state index is 4.80. The van der Waals surface area contributed by atoms with E-state index in [2.05, 4.69) is 67.8 Å². The Bertz CT molecular complexity index is 958. The van der Waals surface area contributed by atoms with Crippen LogP contribution in [0, 0.1) is 20.8 Å². The molecule has 0 amide bonds. The lowest BCUT2D eigenvalue weighted by Crippen LogP contribution is -1.85. The molecule has 0 fully saturated rings. The molecule has 0 saturated carbocycles. The first-order valence-corrected chi connectivity index (χ1v) is 7.90. The van der Waals surface area contributed by atoms with Gasteiger partial charge >= 0.3 is 0 Å². The van der Waals surface area contributed by atoms with Crippen LogP contribution in [0.25, 0.3) is 26.4 Å². The van der Waals surface area contributed by atoms with Crippen LogP contribution < -0.4 is 0 Å². The highest BCUT2D eigenvalue weighted by molar-refractivity contribution is 7.23. The van der Waals surface area contributed by atoms with Crippen LogP contribution in [0.3, 0.4) is 0 Å². The van der Waals surface area contributed by atoms with Gasteiger partial charge in [0, 0.05) is 11.8 Å². The van der Waals surface area contributed by atoms with Gasteiger partial charge in [-0.15, -0.1) is 0 Å². The van der Waals surface area contributed by atoms with Gasteiger partial charge in [-0.1, -0.05) is 47.2 Å². The van der Waals surface area contributed by atoms with Crippen LogP contribution in [0.2, 0.25) is 0 Å². The van der Waals surface area contributed by atoms with Gasteiger partial charge in [-0.2, -0.15) is 0 Å². The normalized spacial score (nSPS) is 11.6. The maximum absolute atomic E-state index is 4.80. The van der Waals surface area contributed by atoms with Crippen molar-refractivity contribution in [2.45, 2.75) is 20.8 Å². The van der Waals surface area contributed by atoms with Crippen LogP contribution in [-0.2, 0) is 0 Å². The Morgan fingerprint density at radius 3 is 2.48 bits per heavy atom. The fraction of sp³-hybridized carbons (Fsp3) is 0.167. The molecule has 2 nitrogen and oxygen atoms in total. The molecular formula is C18H16N2S. The van der Waals surface area contributed by atoms with Crippen molar-refractivity contribution < 1.29 is 0 Å². The van der Waals surface area contributed by atoms with Crippen LogP contribution >= 0.6 is 11.3 Å². The van der Waals surface area contributed by atoms with E-state index in [-0.39, 0.29) is 0 Å². The molecule has 0 saturated heterocycles. The molecule has 21 heavy (non-hydrogen) atoms. The van der Waals surface area contributed by atoms with Gasteiger partial charge in [0.15, 0.2) is 4.96 Å². The van der Waals surface area contributed by atoms with Gasteiger partial charge < -0.3 is 0 Å². The minimum Gasteiger partial charge on any atom is -0.289 e. The lowest BCUT2D eigenvalue weighted by molar-refractivity contribution is 1.25. The summed E-state index contributed by atoms with van der Waals surface area (Å²) in [5.41, 5.74) is 7.45. The van der Waals surface area contributed by atoms with Crippen molar-refractivity contribution in [2.24, 2.45) is 0 Å². The first-order valence-electron chi connectivity index (χ1n) is 7.08. The quantitative estimate of drug-likeness (QED) is 0.475.